The van der Waals surface area contributed by atoms with E-state index >= 15 is 0 Å². The number of sulfonamides is 1. The second kappa shape index (κ2) is 4.87. The number of nitrogens with one attached hydrogen (secondary N) is 1. The molecule has 5 nitrogen and oxygen atoms in total. The van der Waals surface area contributed by atoms with Crippen LogP contribution in [-0.2, 0) is 10.0 Å². The summed E-state index contributed by atoms with van der Waals surface area (Å²) < 4.78 is 31.5. The van der Waals surface area contributed by atoms with Crippen molar-refractivity contribution in [1.29, 1.82) is 0 Å². The van der Waals surface area contributed by atoms with Crippen LogP contribution in [0.4, 0.5) is 0 Å². The summed E-state index contributed by atoms with van der Waals surface area (Å²) in [4.78, 5) is 0.206. The molecule has 1 fully saturated rings. The van der Waals surface area contributed by atoms with Gasteiger partial charge in [0, 0.05) is 18.6 Å². The van der Waals surface area contributed by atoms with Crippen molar-refractivity contribution in [2.24, 2.45) is 5.41 Å². The summed E-state index contributed by atoms with van der Waals surface area (Å²) in [5.74, 6) is 0.614. The van der Waals surface area contributed by atoms with Crippen molar-refractivity contribution in [3.05, 3.63) is 24.3 Å². The van der Waals surface area contributed by atoms with Crippen LogP contribution < -0.4 is 9.46 Å². The van der Waals surface area contributed by atoms with Crippen molar-refractivity contribution < 1.29 is 18.3 Å². The molecule has 0 amide bonds. The van der Waals surface area contributed by atoms with E-state index in [-0.39, 0.29) is 23.5 Å². The zero-order valence-electron chi connectivity index (χ0n) is 10.2. The molecule has 0 saturated heterocycles. The minimum absolute atomic E-state index is 0.0259. The molecular weight excluding hydrogens is 254 g/mol. The molecule has 100 valence electrons. The van der Waals surface area contributed by atoms with Crippen LogP contribution in [0.5, 0.6) is 5.75 Å². The lowest BCUT2D eigenvalue weighted by molar-refractivity contribution is 0.213. The van der Waals surface area contributed by atoms with Gasteiger partial charge in [-0.3, -0.25) is 0 Å². The van der Waals surface area contributed by atoms with Crippen LogP contribution >= 0.6 is 0 Å². The topological polar surface area (TPSA) is 75.6 Å². The van der Waals surface area contributed by atoms with Gasteiger partial charge < -0.3 is 9.84 Å². The molecule has 0 unspecified atom stereocenters. The first kappa shape index (κ1) is 13.3. The highest BCUT2D eigenvalue weighted by molar-refractivity contribution is 7.89. The Hall–Kier alpha value is -1.11. The van der Waals surface area contributed by atoms with Crippen molar-refractivity contribution in [2.45, 2.75) is 17.7 Å². The number of aliphatic hydroxyl groups is 1. The van der Waals surface area contributed by atoms with Gasteiger partial charge in [-0.25, -0.2) is 13.1 Å². The maximum absolute atomic E-state index is 12.0. The Morgan fingerprint density at radius 3 is 2.39 bits per heavy atom. The third-order valence-corrected chi connectivity index (χ3v) is 4.72. The van der Waals surface area contributed by atoms with E-state index in [4.69, 9.17) is 9.84 Å². The summed E-state index contributed by atoms with van der Waals surface area (Å²) in [6.45, 7) is 0.315. The molecule has 0 heterocycles. The highest BCUT2D eigenvalue weighted by Crippen LogP contribution is 2.44. The quantitative estimate of drug-likeness (QED) is 0.800. The van der Waals surface area contributed by atoms with Gasteiger partial charge in [-0.15, -0.1) is 0 Å². The zero-order valence-corrected chi connectivity index (χ0v) is 11.0. The molecule has 2 N–H and O–H groups in total. The molecule has 1 aliphatic rings. The summed E-state index contributed by atoms with van der Waals surface area (Å²) in [5.41, 5.74) is -0.237. The normalized spacial score (nSPS) is 17.4. The summed E-state index contributed by atoms with van der Waals surface area (Å²) in [5, 5.41) is 9.14. The van der Waals surface area contributed by atoms with Crippen molar-refractivity contribution in [2.75, 3.05) is 20.3 Å². The highest BCUT2D eigenvalue weighted by atomic mass is 32.2. The summed E-state index contributed by atoms with van der Waals surface area (Å²) in [6, 6.07) is 6.21. The average molecular weight is 271 g/mol. The smallest absolute Gasteiger partial charge is 0.240 e. The molecule has 6 heteroatoms. The van der Waals surface area contributed by atoms with Crippen LogP contribution in [0.3, 0.4) is 0 Å². The summed E-state index contributed by atoms with van der Waals surface area (Å²) in [7, 11) is -1.98. The zero-order chi connectivity index (χ0) is 13.2. The van der Waals surface area contributed by atoms with Crippen LogP contribution in [0.1, 0.15) is 12.8 Å². The Kier molecular flexibility index (Phi) is 3.61. The second-order valence-corrected chi connectivity index (χ2v) is 6.43. The molecule has 0 bridgehead atoms. The van der Waals surface area contributed by atoms with Crippen LogP contribution in [-0.4, -0.2) is 33.8 Å². The Bertz CT molecular complexity index is 505. The minimum Gasteiger partial charge on any atom is -0.497 e. The monoisotopic (exact) mass is 271 g/mol. The molecule has 18 heavy (non-hydrogen) atoms. The second-order valence-electron chi connectivity index (χ2n) is 4.66. The minimum atomic E-state index is -3.51. The van der Waals surface area contributed by atoms with Gasteiger partial charge in [-0.1, -0.05) is 0 Å². The summed E-state index contributed by atoms with van der Waals surface area (Å²) >= 11 is 0. The maximum Gasteiger partial charge on any atom is 0.240 e. The van der Waals surface area contributed by atoms with Crippen molar-refractivity contribution >= 4 is 10.0 Å². The predicted octanol–water partition coefficient (Wildman–Crippen LogP) is 0.746. The van der Waals surface area contributed by atoms with Gasteiger partial charge in [0.05, 0.1) is 12.0 Å². The predicted molar refractivity (Wildman–Crippen MR) is 66.9 cm³/mol. The van der Waals surface area contributed by atoms with E-state index in [0.29, 0.717) is 5.75 Å². The third kappa shape index (κ3) is 2.82. The van der Waals surface area contributed by atoms with E-state index in [0.717, 1.165) is 12.8 Å². The largest absolute Gasteiger partial charge is 0.497 e. The Labute approximate surface area is 107 Å². The molecule has 1 aliphatic carbocycles. The van der Waals surface area contributed by atoms with E-state index in [2.05, 4.69) is 4.72 Å². The van der Waals surface area contributed by atoms with E-state index in [1.54, 1.807) is 12.1 Å². The standard InChI is InChI=1S/C12H17NO4S/c1-17-10-2-4-11(5-3-10)18(15,16)13-8-12(9-14)6-7-12/h2-5,13-14H,6-9H2,1H3. The van der Waals surface area contributed by atoms with Gasteiger partial charge in [0.1, 0.15) is 5.75 Å². The lowest BCUT2D eigenvalue weighted by Crippen LogP contribution is -2.31. The van der Waals surface area contributed by atoms with Gasteiger partial charge in [-0.05, 0) is 37.1 Å². The number of methoxy groups -OCH3 is 1. The molecule has 1 aromatic carbocycles. The number of hydrogen-bond acceptors (Lipinski definition) is 4. The Balaban J connectivity index is 2.05. The van der Waals surface area contributed by atoms with Gasteiger partial charge in [0.15, 0.2) is 0 Å². The van der Waals surface area contributed by atoms with Gasteiger partial charge in [0.2, 0.25) is 10.0 Å². The van der Waals surface area contributed by atoms with Gasteiger partial charge in [-0.2, -0.15) is 0 Å². The number of ether oxygens (including phenoxy) is 1. The molecule has 0 radical (unpaired) electrons. The van der Waals surface area contributed by atoms with Gasteiger partial charge in [0.25, 0.3) is 0 Å². The van der Waals surface area contributed by atoms with Crippen LogP contribution in [0.15, 0.2) is 29.2 Å². The van der Waals surface area contributed by atoms with E-state index in [9.17, 15) is 8.42 Å². The molecular formula is C12H17NO4S. The SMILES string of the molecule is COc1ccc(S(=O)(=O)NCC2(CO)CC2)cc1. The number of aliphatic hydroxyl groups excluding tert-OH is 1. The fourth-order valence-electron chi connectivity index (χ4n) is 1.65. The summed E-state index contributed by atoms with van der Waals surface area (Å²) in [6.07, 6.45) is 1.74. The first-order valence-corrected chi connectivity index (χ1v) is 7.24. The first-order valence-electron chi connectivity index (χ1n) is 5.76. The molecule has 1 saturated carbocycles. The Morgan fingerprint density at radius 1 is 1.33 bits per heavy atom. The lowest BCUT2D eigenvalue weighted by atomic mass is 10.1. The lowest BCUT2D eigenvalue weighted by Gasteiger charge is -2.13. The van der Waals surface area contributed by atoms with E-state index in [1.807, 2.05) is 0 Å². The van der Waals surface area contributed by atoms with Gasteiger partial charge >= 0.3 is 0 Å². The van der Waals surface area contributed by atoms with Crippen LogP contribution in [0.2, 0.25) is 0 Å². The van der Waals surface area contributed by atoms with Crippen molar-refractivity contribution in [3.8, 4) is 5.75 Å². The number of hydrogen-bond donors (Lipinski definition) is 2. The molecule has 0 spiro atoms. The van der Waals surface area contributed by atoms with Crippen molar-refractivity contribution in [1.82, 2.24) is 4.72 Å². The van der Waals surface area contributed by atoms with E-state index < -0.39 is 10.0 Å². The highest BCUT2D eigenvalue weighted by Gasteiger charge is 2.42. The van der Waals surface area contributed by atoms with E-state index in [1.165, 1.54) is 19.2 Å². The molecule has 0 aromatic heterocycles. The first-order chi connectivity index (χ1) is 8.51. The van der Waals surface area contributed by atoms with Crippen LogP contribution in [0, 0.1) is 5.41 Å². The average Bonchev–Trinajstić information content (AvgIpc) is 3.17. The number of benzene rings is 1. The third-order valence-electron chi connectivity index (χ3n) is 3.30. The molecule has 1 aromatic rings. The van der Waals surface area contributed by atoms with Crippen LogP contribution in [0.25, 0.3) is 0 Å². The number of rotatable bonds is 6. The molecule has 0 atom stereocenters. The molecule has 2 rings (SSSR count). The molecule has 0 aliphatic heterocycles. The van der Waals surface area contributed by atoms with Crippen molar-refractivity contribution in [3.63, 3.8) is 0 Å². The fraction of sp³-hybridized carbons (Fsp3) is 0.500. The Morgan fingerprint density at radius 2 is 1.94 bits per heavy atom. The maximum atomic E-state index is 12.0. The fourth-order valence-corrected chi connectivity index (χ4v) is 2.81.